The minimum absolute atomic E-state index is 0.0113. The van der Waals surface area contributed by atoms with E-state index in [1.54, 1.807) is 13.8 Å². The largest absolute Gasteiger partial charge is 0.463 e. The Morgan fingerprint density at radius 2 is 1.56 bits per heavy atom. The van der Waals surface area contributed by atoms with Crippen molar-refractivity contribution in [3.05, 3.63) is 29.3 Å². The van der Waals surface area contributed by atoms with Crippen molar-refractivity contribution in [1.29, 1.82) is 0 Å². The fourth-order valence-electron chi connectivity index (χ4n) is 1.65. The number of hydrogen-bond acceptors (Lipinski definition) is 7. The molecular formula is C15H18ClNO7S. The van der Waals surface area contributed by atoms with E-state index < -0.39 is 34.0 Å². The summed E-state index contributed by atoms with van der Waals surface area (Å²) in [6.07, 6.45) is -1.76. The van der Waals surface area contributed by atoms with Crippen molar-refractivity contribution in [3.8, 4) is 0 Å². The second kappa shape index (κ2) is 9.38. The van der Waals surface area contributed by atoms with Crippen LogP contribution < -0.4 is 0 Å². The van der Waals surface area contributed by atoms with Crippen molar-refractivity contribution in [3.63, 3.8) is 0 Å². The van der Waals surface area contributed by atoms with E-state index in [4.69, 9.17) is 25.8 Å². The smallest absolute Gasteiger partial charge is 0.359 e. The molecule has 1 aromatic rings. The first kappa shape index (κ1) is 20.9. The van der Waals surface area contributed by atoms with Crippen LogP contribution in [0.25, 0.3) is 0 Å². The molecule has 25 heavy (non-hydrogen) atoms. The number of rotatable bonds is 7. The summed E-state index contributed by atoms with van der Waals surface area (Å²) in [5, 5.41) is 0.362. The lowest BCUT2D eigenvalue weighted by atomic mass is 10.3. The average Bonchev–Trinajstić information content (AvgIpc) is 2.53. The third-order valence-electron chi connectivity index (χ3n) is 2.65. The first-order valence-electron chi connectivity index (χ1n) is 7.28. The lowest BCUT2D eigenvalue weighted by Crippen LogP contribution is -2.37. The van der Waals surface area contributed by atoms with E-state index in [1.165, 1.54) is 31.2 Å². The quantitative estimate of drug-likeness (QED) is 0.302. The maximum atomic E-state index is 12.2. The minimum atomic E-state index is -4.10. The van der Waals surface area contributed by atoms with Gasteiger partial charge in [-0.15, -0.1) is 4.40 Å². The van der Waals surface area contributed by atoms with Gasteiger partial charge < -0.3 is 14.2 Å². The lowest BCUT2D eigenvalue weighted by molar-refractivity contribution is -0.167. The highest BCUT2D eigenvalue weighted by molar-refractivity contribution is 7.90. The van der Waals surface area contributed by atoms with Crippen LogP contribution in [0.4, 0.5) is 0 Å². The Bertz CT molecular complexity index is 726. The van der Waals surface area contributed by atoms with Crippen LogP contribution in [0.3, 0.4) is 0 Å². The van der Waals surface area contributed by atoms with E-state index >= 15 is 0 Å². The molecular weight excluding hydrogens is 374 g/mol. The maximum absolute atomic E-state index is 12.2. The van der Waals surface area contributed by atoms with E-state index in [0.29, 0.717) is 5.02 Å². The molecule has 0 heterocycles. The Morgan fingerprint density at radius 1 is 1.08 bits per heavy atom. The standard InChI is InChI=1S/C15H18ClNO7S/c1-4-22-14(18)13(15(19)23-5-2)24-10(3)17-25(20,21)12-8-6-11(16)7-9-12/h6-9,13H,4-5H2,1-3H3/b17-10-. The fourth-order valence-corrected chi connectivity index (χ4v) is 2.74. The predicted molar refractivity (Wildman–Crippen MR) is 89.9 cm³/mol. The fraction of sp³-hybridized carbons (Fsp3) is 0.400. The van der Waals surface area contributed by atoms with E-state index in [0.717, 1.165) is 0 Å². The van der Waals surface area contributed by atoms with Gasteiger partial charge in [-0.25, -0.2) is 9.59 Å². The van der Waals surface area contributed by atoms with Gasteiger partial charge in [0.05, 0.1) is 18.1 Å². The van der Waals surface area contributed by atoms with Gasteiger partial charge in [-0.3, -0.25) is 0 Å². The number of carbonyl (C=O) groups excluding carboxylic acids is 2. The Hall–Kier alpha value is -2.13. The number of ether oxygens (including phenoxy) is 3. The van der Waals surface area contributed by atoms with E-state index in [2.05, 4.69) is 4.40 Å². The molecule has 0 aliphatic rings. The molecule has 0 radical (unpaired) electrons. The third kappa shape index (κ3) is 6.35. The van der Waals surface area contributed by atoms with Crippen molar-refractivity contribution < 1.29 is 32.2 Å². The summed E-state index contributed by atoms with van der Waals surface area (Å²) in [7, 11) is -4.10. The second-order valence-electron chi connectivity index (χ2n) is 4.54. The number of esters is 2. The van der Waals surface area contributed by atoms with Gasteiger partial charge in [-0.2, -0.15) is 8.42 Å². The van der Waals surface area contributed by atoms with Crippen molar-refractivity contribution >= 4 is 39.5 Å². The van der Waals surface area contributed by atoms with E-state index in [9.17, 15) is 18.0 Å². The minimum Gasteiger partial charge on any atom is -0.463 e. The van der Waals surface area contributed by atoms with Crippen LogP contribution in [0.1, 0.15) is 20.8 Å². The van der Waals surface area contributed by atoms with Gasteiger partial charge in [0.1, 0.15) is 0 Å². The molecule has 0 saturated carbocycles. The Kier molecular flexibility index (Phi) is 7.85. The molecule has 0 amide bonds. The molecule has 0 atom stereocenters. The Morgan fingerprint density at radius 3 is 2.00 bits per heavy atom. The van der Waals surface area contributed by atoms with Gasteiger partial charge in [0.2, 0.25) is 0 Å². The normalized spacial score (nSPS) is 12.0. The summed E-state index contributed by atoms with van der Waals surface area (Å²) < 4.78 is 42.3. The van der Waals surface area contributed by atoms with Crippen molar-refractivity contribution in [1.82, 2.24) is 0 Å². The number of halogens is 1. The van der Waals surface area contributed by atoms with Crippen molar-refractivity contribution in [2.45, 2.75) is 31.8 Å². The zero-order valence-corrected chi connectivity index (χ0v) is 15.5. The highest BCUT2D eigenvalue weighted by Gasteiger charge is 2.32. The topological polar surface area (TPSA) is 108 Å². The molecule has 0 unspecified atom stereocenters. The molecule has 10 heteroatoms. The molecule has 0 N–H and O–H groups in total. The summed E-state index contributed by atoms with van der Waals surface area (Å²) in [6, 6.07) is 5.31. The molecule has 0 aromatic heterocycles. The third-order valence-corrected chi connectivity index (χ3v) is 4.27. The summed E-state index contributed by atoms with van der Waals surface area (Å²) in [4.78, 5) is 23.5. The molecule has 1 aromatic carbocycles. The average molecular weight is 392 g/mol. The molecule has 1 rings (SSSR count). The van der Waals surface area contributed by atoms with Gasteiger partial charge in [-0.05, 0) is 38.1 Å². The molecule has 138 valence electrons. The van der Waals surface area contributed by atoms with Crippen LogP contribution in [0.15, 0.2) is 33.6 Å². The van der Waals surface area contributed by atoms with Crippen molar-refractivity contribution in [2.24, 2.45) is 4.40 Å². The van der Waals surface area contributed by atoms with Crippen LogP contribution >= 0.6 is 11.6 Å². The molecule has 0 aliphatic heterocycles. The van der Waals surface area contributed by atoms with Crippen LogP contribution in [0.2, 0.25) is 5.02 Å². The Balaban J connectivity index is 3.03. The van der Waals surface area contributed by atoms with Crippen LogP contribution in [-0.4, -0.2) is 45.6 Å². The van der Waals surface area contributed by atoms with E-state index in [1.807, 2.05) is 0 Å². The van der Waals surface area contributed by atoms with Gasteiger partial charge in [0.25, 0.3) is 16.1 Å². The van der Waals surface area contributed by atoms with Crippen LogP contribution in [-0.2, 0) is 33.8 Å². The molecule has 8 nitrogen and oxygen atoms in total. The lowest BCUT2D eigenvalue weighted by Gasteiger charge is -2.15. The zero-order valence-electron chi connectivity index (χ0n) is 13.9. The summed E-state index contributed by atoms with van der Waals surface area (Å²) in [6.45, 7) is 4.31. The molecule has 0 bridgehead atoms. The summed E-state index contributed by atoms with van der Waals surface area (Å²) in [5.74, 6) is -2.42. The highest BCUT2D eigenvalue weighted by atomic mass is 35.5. The number of sulfonamides is 1. The van der Waals surface area contributed by atoms with Gasteiger partial charge in [-0.1, -0.05) is 11.6 Å². The molecule has 0 fully saturated rings. The maximum Gasteiger partial charge on any atom is 0.359 e. The van der Waals surface area contributed by atoms with E-state index in [-0.39, 0.29) is 18.1 Å². The van der Waals surface area contributed by atoms with Gasteiger partial charge in [0.15, 0.2) is 5.90 Å². The summed E-state index contributed by atoms with van der Waals surface area (Å²) in [5.41, 5.74) is 0. The predicted octanol–water partition coefficient (Wildman–Crippen LogP) is 1.96. The second-order valence-corrected chi connectivity index (χ2v) is 6.58. The highest BCUT2D eigenvalue weighted by Crippen LogP contribution is 2.16. The van der Waals surface area contributed by atoms with Crippen molar-refractivity contribution in [2.75, 3.05) is 13.2 Å². The van der Waals surface area contributed by atoms with Crippen LogP contribution in [0, 0.1) is 0 Å². The zero-order chi connectivity index (χ0) is 19.0. The number of benzene rings is 1. The first-order chi connectivity index (χ1) is 11.7. The van der Waals surface area contributed by atoms with Gasteiger partial charge in [0, 0.05) is 11.9 Å². The van der Waals surface area contributed by atoms with Crippen LogP contribution in [0.5, 0.6) is 0 Å². The number of carbonyl (C=O) groups is 2. The first-order valence-corrected chi connectivity index (χ1v) is 9.10. The summed E-state index contributed by atoms with van der Waals surface area (Å²) >= 11 is 5.71. The molecule has 0 saturated heterocycles. The van der Waals surface area contributed by atoms with Gasteiger partial charge >= 0.3 is 11.9 Å². The number of hydrogen-bond donors (Lipinski definition) is 0. The molecule has 0 aliphatic carbocycles. The number of nitrogens with zero attached hydrogens (tertiary/aromatic N) is 1. The Labute approximate surface area is 150 Å². The molecule has 0 spiro atoms. The SMILES string of the molecule is CCOC(=O)C(O/C(C)=N\S(=O)(=O)c1ccc(Cl)cc1)C(=O)OCC. The monoisotopic (exact) mass is 391 g/mol.